The molecule has 2 aromatic rings. The standard InChI is InChI=1S/C15H22FN5OS/c1-4-13-19-15(23-20-13)17-6-12-5-11(16)7-21(12)8-14-18-9(2)10(3)22-14/h11-12H,4-8H2,1-3H3,(H,17,19,20)/t11-,12-/m0/s1. The van der Waals surface area contributed by atoms with Crippen LogP contribution in [0.4, 0.5) is 9.52 Å². The molecule has 0 aromatic carbocycles. The minimum absolute atomic E-state index is 0.103. The maximum Gasteiger partial charge on any atom is 0.208 e. The Morgan fingerprint density at radius 1 is 1.39 bits per heavy atom. The third-order valence-electron chi connectivity index (χ3n) is 4.16. The van der Waals surface area contributed by atoms with Crippen LogP contribution in [0.25, 0.3) is 0 Å². The molecule has 6 nitrogen and oxygen atoms in total. The van der Waals surface area contributed by atoms with Crippen LogP contribution in [0.5, 0.6) is 0 Å². The van der Waals surface area contributed by atoms with Crippen LogP contribution in [0.3, 0.4) is 0 Å². The van der Waals surface area contributed by atoms with E-state index in [1.54, 1.807) is 0 Å². The Morgan fingerprint density at radius 2 is 2.22 bits per heavy atom. The number of hydrogen-bond donors (Lipinski definition) is 1. The van der Waals surface area contributed by atoms with Crippen LogP contribution < -0.4 is 5.32 Å². The normalized spacial score (nSPS) is 21.9. The van der Waals surface area contributed by atoms with Crippen molar-refractivity contribution in [2.24, 2.45) is 0 Å². The Morgan fingerprint density at radius 3 is 2.87 bits per heavy atom. The summed E-state index contributed by atoms with van der Waals surface area (Å²) in [7, 11) is 0. The lowest BCUT2D eigenvalue weighted by Crippen LogP contribution is -2.34. The number of aromatic nitrogens is 3. The van der Waals surface area contributed by atoms with Gasteiger partial charge in [0.1, 0.15) is 17.8 Å². The first-order chi connectivity index (χ1) is 11.0. The van der Waals surface area contributed by atoms with Gasteiger partial charge in [0.15, 0.2) is 0 Å². The molecule has 1 aliphatic rings. The molecule has 3 rings (SSSR count). The first-order valence-corrected chi connectivity index (χ1v) is 8.70. The Labute approximate surface area is 139 Å². The summed E-state index contributed by atoms with van der Waals surface area (Å²) in [6.45, 7) is 7.45. The smallest absolute Gasteiger partial charge is 0.208 e. The van der Waals surface area contributed by atoms with Gasteiger partial charge in [-0.3, -0.25) is 4.90 Å². The maximum absolute atomic E-state index is 13.8. The SMILES string of the molecule is CCc1nsc(NC[C@@H]2C[C@H](F)CN2Cc2nc(C)c(C)o2)n1. The molecule has 23 heavy (non-hydrogen) atoms. The highest BCUT2D eigenvalue weighted by molar-refractivity contribution is 7.09. The molecule has 1 saturated heterocycles. The van der Waals surface area contributed by atoms with E-state index in [9.17, 15) is 4.39 Å². The summed E-state index contributed by atoms with van der Waals surface area (Å²) >= 11 is 1.35. The van der Waals surface area contributed by atoms with E-state index in [4.69, 9.17) is 4.42 Å². The van der Waals surface area contributed by atoms with Gasteiger partial charge in [-0.1, -0.05) is 6.92 Å². The molecule has 8 heteroatoms. The van der Waals surface area contributed by atoms with Crippen LogP contribution in [0, 0.1) is 13.8 Å². The number of halogens is 1. The highest BCUT2D eigenvalue weighted by atomic mass is 32.1. The van der Waals surface area contributed by atoms with Crippen molar-refractivity contribution in [2.75, 3.05) is 18.4 Å². The van der Waals surface area contributed by atoms with E-state index in [0.717, 1.165) is 28.8 Å². The van der Waals surface area contributed by atoms with Crippen molar-refractivity contribution in [2.45, 2.75) is 52.4 Å². The molecule has 0 unspecified atom stereocenters. The summed E-state index contributed by atoms with van der Waals surface area (Å²) in [6.07, 6.45) is 0.536. The molecule has 0 bridgehead atoms. The number of likely N-dealkylation sites (tertiary alicyclic amines) is 1. The van der Waals surface area contributed by atoms with Crippen LogP contribution in [-0.4, -0.2) is 44.5 Å². The second kappa shape index (κ2) is 6.92. The first kappa shape index (κ1) is 16.3. The van der Waals surface area contributed by atoms with Crippen LogP contribution in [-0.2, 0) is 13.0 Å². The highest BCUT2D eigenvalue weighted by Crippen LogP contribution is 2.24. The monoisotopic (exact) mass is 339 g/mol. The van der Waals surface area contributed by atoms with Gasteiger partial charge in [0.2, 0.25) is 11.0 Å². The second-order valence-corrected chi connectivity index (χ2v) is 6.67. The molecular weight excluding hydrogens is 317 g/mol. The summed E-state index contributed by atoms with van der Waals surface area (Å²) in [6, 6.07) is 0.103. The Bertz CT molecular complexity index is 639. The number of anilines is 1. The molecule has 1 N–H and O–H groups in total. The fourth-order valence-corrected chi connectivity index (χ4v) is 3.44. The minimum atomic E-state index is -0.806. The number of nitrogens with one attached hydrogen (secondary N) is 1. The molecule has 126 valence electrons. The lowest BCUT2D eigenvalue weighted by molar-refractivity contribution is 0.217. The Balaban J connectivity index is 1.60. The molecule has 0 saturated carbocycles. The largest absolute Gasteiger partial charge is 0.444 e. The summed E-state index contributed by atoms with van der Waals surface area (Å²) in [5, 5.41) is 4.08. The van der Waals surface area contributed by atoms with Gasteiger partial charge in [0.25, 0.3) is 0 Å². The molecule has 1 fully saturated rings. The van der Waals surface area contributed by atoms with Gasteiger partial charge in [-0.2, -0.15) is 4.37 Å². The van der Waals surface area contributed by atoms with E-state index in [2.05, 4.69) is 24.6 Å². The minimum Gasteiger partial charge on any atom is -0.444 e. The average molecular weight is 339 g/mol. The molecule has 0 aliphatic carbocycles. The van der Waals surface area contributed by atoms with Crippen molar-refractivity contribution in [1.29, 1.82) is 0 Å². The van der Waals surface area contributed by atoms with Crippen LogP contribution in [0.1, 0.15) is 36.5 Å². The third-order valence-corrected chi connectivity index (χ3v) is 4.87. The van der Waals surface area contributed by atoms with E-state index in [0.29, 0.717) is 31.9 Å². The van der Waals surface area contributed by atoms with E-state index in [-0.39, 0.29) is 6.04 Å². The summed E-state index contributed by atoms with van der Waals surface area (Å²) in [4.78, 5) is 10.9. The predicted octanol–water partition coefficient (Wildman–Crippen LogP) is 2.73. The molecule has 1 aliphatic heterocycles. The topological polar surface area (TPSA) is 67.1 Å². The van der Waals surface area contributed by atoms with E-state index < -0.39 is 6.17 Å². The molecule has 0 amide bonds. The van der Waals surface area contributed by atoms with Crippen molar-refractivity contribution < 1.29 is 8.81 Å². The van der Waals surface area contributed by atoms with Gasteiger partial charge in [0, 0.05) is 37.1 Å². The fourth-order valence-electron chi connectivity index (χ4n) is 2.78. The Hall–Kier alpha value is -1.54. The first-order valence-electron chi connectivity index (χ1n) is 7.92. The number of aryl methyl sites for hydroxylation is 3. The number of alkyl halides is 1. The van der Waals surface area contributed by atoms with Gasteiger partial charge in [-0.25, -0.2) is 14.4 Å². The van der Waals surface area contributed by atoms with Crippen molar-refractivity contribution >= 4 is 16.7 Å². The molecule has 0 spiro atoms. The number of rotatable bonds is 6. The maximum atomic E-state index is 13.8. The molecule has 3 heterocycles. The van der Waals surface area contributed by atoms with Crippen LogP contribution in [0.15, 0.2) is 4.42 Å². The zero-order valence-electron chi connectivity index (χ0n) is 13.7. The van der Waals surface area contributed by atoms with Crippen molar-refractivity contribution in [3.05, 3.63) is 23.2 Å². The van der Waals surface area contributed by atoms with Crippen molar-refractivity contribution in [3.8, 4) is 0 Å². The fraction of sp³-hybridized carbons (Fsp3) is 0.667. The highest BCUT2D eigenvalue weighted by Gasteiger charge is 2.33. The van der Waals surface area contributed by atoms with Crippen molar-refractivity contribution in [3.63, 3.8) is 0 Å². The zero-order valence-corrected chi connectivity index (χ0v) is 14.5. The van der Waals surface area contributed by atoms with Crippen LogP contribution >= 0.6 is 11.5 Å². The molecule has 0 radical (unpaired) electrons. The van der Waals surface area contributed by atoms with Crippen LogP contribution in [0.2, 0.25) is 0 Å². The summed E-state index contributed by atoms with van der Waals surface area (Å²) in [5.41, 5.74) is 0.895. The van der Waals surface area contributed by atoms with Gasteiger partial charge < -0.3 is 9.73 Å². The second-order valence-electron chi connectivity index (χ2n) is 5.92. The predicted molar refractivity (Wildman–Crippen MR) is 87.5 cm³/mol. The average Bonchev–Trinajstić information content (AvgIpc) is 3.18. The number of nitrogens with zero attached hydrogens (tertiary/aromatic N) is 4. The van der Waals surface area contributed by atoms with Gasteiger partial charge >= 0.3 is 0 Å². The van der Waals surface area contributed by atoms with Gasteiger partial charge in [-0.15, -0.1) is 0 Å². The lowest BCUT2D eigenvalue weighted by Gasteiger charge is -2.22. The summed E-state index contributed by atoms with van der Waals surface area (Å²) in [5.74, 6) is 2.32. The lowest BCUT2D eigenvalue weighted by atomic mass is 10.2. The quantitative estimate of drug-likeness (QED) is 0.873. The van der Waals surface area contributed by atoms with Gasteiger partial charge in [0.05, 0.1) is 12.2 Å². The molecule has 2 aromatic heterocycles. The van der Waals surface area contributed by atoms with E-state index in [1.807, 2.05) is 20.8 Å². The van der Waals surface area contributed by atoms with Crippen molar-refractivity contribution in [1.82, 2.24) is 19.2 Å². The molecule has 2 atom stereocenters. The van der Waals surface area contributed by atoms with Gasteiger partial charge in [-0.05, 0) is 20.3 Å². The van der Waals surface area contributed by atoms with E-state index >= 15 is 0 Å². The number of hydrogen-bond acceptors (Lipinski definition) is 7. The molecular formula is C15H22FN5OS. The van der Waals surface area contributed by atoms with E-state index in [1.165, 1.54) is 11.5 Å². The third kappa shape index (κ3) is 3.87. The Kier molecular flexibility index (Phi) is 4.91. The number of oxazole rings is 1. The zero-order chi connectivity index (χ0) is 16.4. The summed E-state index contributed by atoms with van der Waals surface area (Å²) < 4.78 is 23.7.